The molecule has 1 aromatic carbocycles. The van der Waals surface area contributed by atoms with E-state index in [1.165, 1.54) is 0 Å². The summed E-state index contributed by atoms with van der Waals surface area (Å²) in [5, 5.41) is 0. The lowest BCUT2D eigenvalue weighted by molar-refractivity contribution is 0.0180. The molecular weight excluding hydrogens is 368 g/mol. The van der Waals surface area contributed by atoms with Gasteiger partial charge in [0.15, 0.2) is 0 Å². The van der Waals surface area contributed by atoms with Gasteiger partial charge in [-0.15, -0.1) is 0 Å². The Morgan fingerprint density at radius 3 is 1.72 bits per heavy atom. The van der Waals surface area contributed by atoms with Gasteiger partial charge in [0, 0.05) is 30.6 Å². The van der Waals surface area contributed by atoms with Crippen LogP contribution in [0.1, 0.15) is 0 Å². The van der Waals surface area contributed by atoms with Gasteiger partial charge in [-0.2, -0.15) is 0 Å². The van der Waals surface area contributed by atoms with Crippen molar-refractivity contribution in [1.82, 2.24) is 9.97 Å². The van der Waals surface area contributed by atoms with Gasteiger partial charge in [0.2, 0.25) is 0 Å². The second-order valence-electron chi connectivity index (χ2n) is 6.24. The number of ether oxygens (including phenoxy) is 4. The number of rotatable bonds is 12. The first-order valence-electron chi connectivity index (χ1n) is 9.62. The number of nitrogens with zero attached hydrogens (tertiary/aromatic N) is 2. The summed E-state index contributed by atoms with van der Waals surface area (Å²) in [5.41, 5.74) is 3.74. The van der Waals surface area contributed by atoms with Crippen molar-refractivity contribution in [1.29, 1.82) is 0 Å². The van der Waals surface area contributed by atoms with Gasteiger partial charge >= 0.3 is 0 Å². The highest BCUT2D eigenvalue weighted by atomic mass is 16.6. The van der Waals surface area contributed by atoms with Gasteiger partial charge < -0.3 is 18.9 Å². The molecule has 0 aliphatic carbocycles. The molecule has 0 spiro atoms. The SMILES string of the molecule is COCCOCCOCCOc1cc(-c2ccccn2)cc(-c2ccccn2)c1. The molecule has 0 saturated heterocycles. The van der Waals surface area contributed by atoms with E-state index in [0.717, 1.165) is 28.3 Å². The lowest BCUT2D eigenvalue weighted by Crippen LogP contribution is -2.12. The number of hydrogen-bond donors (Lipinski definition) is 0. The Bertz CT molecular complexity index is 786. The van der Waals surface area contributed by atoms with E-state index in [1.807, 2.05) is 48.5 Å². The molecule has 0 amide bonds. The van der Waals surface area contributed by atoms with Gasteiger partial charge in [-0.3, -0.25) is 9.97 Å². The summed E-state index contributed by atoms with van der Waals surface area (Å²) in [6.45, 7) is 3.18. The Morgan fingerprint density at radius 2 is 1.21 bits per heavy atom. The maximum Gasteiger partial charge on any atom is 0.120 e. The van der Waals surface area contributed by atoms with E-state index in [4.69, 9.17) is 18.9 Å². The molecule has 0 N–H and O–H groups in total. The average molecular weight is 394 g/mol. The predicted molar refractivity (Wildman–Crippen MR) is 112 cm³/mol. The van der Waals surface area contributed by atoms with E-state index in [2.05, 4.69) is 16.0 Å². The van der Waals surface area contributed by atoms with Gasteiger partial charge in [-0.05, 0) is 42.5 Å². The Labute approximate surface area is 171 Å². The smallest absolute Gasteiger partial charge is 0.120 e. The quantitative estimate of drug-likeness (QED) is 0.435. The van der Waals surface area contributed by atoms with E-state index in [-0.39, 0.29) is 0 Å². The van der Waals surface area contributed by atoms with Crippen molar-refractivity contribution in [2.45, 2.75) is 0 Å². The number of pyridine rings is 2. The zero-order valence-corrected chi connectivity index (χ0v) is 16.6. The van der Waals surface area contributed by atoms with Crippen molar-refractivity contribution in [3.63, 3.8) is 0 Å². The van der Waals surface area contributed by atoms with Crippen LogP contribution in [0.4, 0.5) is 0 Å². The predicted octanol–water partition coefficient (Wildman–Crippen LogP) is 3.87. The van der Waals surface area contributed by atoms with Crippen LogP contribution < -0.4 is 4.74 Å². The van der Waals surface area contributed by atoms with Crippen molar-refractivity contribution < 1.29 is 18.9 Å². The molecule has 0 atom stereocenters. The van der Waals surface area contributed by atoms with Crippen LogP contribution >= 0.6 is 0 Å². The fourth-order valence-corrected chi connectivity index (χ4v) is 2.73. The molecule has 6 heteroatoms. The lowest BCUT2D eigenvalue weighted by atomic mass is 10.0. The molecule has 2 aromatic heterocycles. The van der Waals surface area contributed by atoms with Gasteiger partial charge in [0.05, 0.1) is 44.4 Å². The Balaban J connectivity index is 1.60. The third-order valence-corrected chi connectivity index (χ3v) is 4.13. The minimum atomic E-state index is 0.450. The standard InChI is InChI=1S/C23H26N2O4/c1-26-10-11-27-12-13-28-14-15-29-21-17-19(22-6-2-4-8-24-22)16-20(18-21)23-7-3-5-9-25-23/h2-9,16-18H,10-15H2,1H3. The zero-order chi connectivity index (χ0) is 20.2. The third kappa shape index (κ3) is 6.94. The molecule has 3 rings (SSSR count). The Morgan fingerprint density at radius 1 is 0.655 bits per heavy atom. The minimum absolute atomic E-state index is 0.450. The van der Waals surface area contributed by atoms with Crippen LogP contribution in [0.2, 0.25) is 0 Å². The van der Waals surface area contributed by atoms with E-state index >= 15 is 0 Å². The number of hydrogen-bond acceptors (Lipinski definition) is 6. The maximum atomic E-state index is 5.93. The summed E-state index contributed by atoms with van der Waals surface area (Å²) in [4.78, 5) is 8.91. The monoisotopic (exact) mass is 394 g/mol. The second-order valence-corrected chi connectivity index (χ2v) is 6.24. The average Bonchev–Trinajstić information content (AvgIpc) is 2.79. The molecular formula is C23H26N2O4. The fraction of sp³-hybridized carbons (Fsp3) is 0.304. The summed E-state index contributed by atoms with van der Waals surface area (Å²) in [6.07, 6.45) is 3.57. The van der Waals surface area contributed by atoms with Crippen LogP contribution in [0.3, 0.4) is 0 Å². The molecule has 0 saturated carbocycles. The van der Waals surface area contributed by atoms with Crippen molar-refractivity contribution in [3.05, 3.63) is 67.0 Å². The van der Waals surface area contributed by atoms with E-state index in [9.17, 15) is 0 Å². The summed E-state index contributed by atoms with van der Waals surface area (Å²) >= 11 is 0. The number of benzene rings is 1. The van der Waals surface area contributed by atoms with Crippen molar-refractivity contribution in [2.24, 2.45) is 0 Å². The highest BCUT2D eigenvalue weighted by Crippen LogP contribution is 2.29. The summed E-state index contributed by atoms with van der Waals surface area (Å²) in [6, 6.07) is 17.8. The molecule has 0 bridgehead atoms. The van der Waals surface area contributed by atoms with Crippen LogP contribution in [0, 0.1) is 0 Å². The van der Waals surface area contributed by atoms with Crippen LogP contribution in [-0.2, 0) is 14.2 Å². The van der Waals surface area contributed by atoms with E-state index in [1.54, 1.807) is 19.5 Å². The summed E-state index contributed by atoms with van der Waals surface area (Å²) in [5.74, 6) is 0.758. The highest BCUT2D eigenvalue weighted by molar-refractivity contribution is 5.71. The zero-order valence-electron chi connectivity index (χ0n) is 16.6. The van der Waals surface area contributed by atoms with Gasteiger partial charge in [0.25, 0.3) is 0 Å². The molecule has 6 nitrogen and oxygen atoms in total. The number of methoxy groups -OCH3 is 1. The molecule has 0 unspecified atom stereocenters. The van der Waals surface area contributed by atoms with Gasteiger partial charge in [-0.25, -0.2) is 0 Å². The summed E-state index contributed by atoms with van der Waals surface area (Å²) in [7, 11) is 1.65. The van der Waals surface area contributed by atoms with Gasteiger partial charge in [0.1, 0.15) is 12.4 Å². The molecule has 29 heavy (non-hydrogen) atoms. The fourth-order valence-electron chi connectivity index (χ4n) is 2.73. The normalized spacial score (nSPS) is 10.8. The molecule has 0 fully saturated rings. The molecule has 152 valence electrons. The third-order valence-electron chi connectivity index (χ3n) is 4.13. The second kappa shape index (κ2) is 11.9. The van der Waals surface area contributed by atoms with Crippen LogP contribution in [0.15, 0.2) is 67.0 Å². The molecule has 0 aliphatic rings. The lowest BCUT2D eigenvalue weighted by Gasteiger charge is -2.12. The van der Waals surface area contributed by atoms with Crippen LogP contribution in [0.25, 0.3) is 22.5 Å². The molecule has 3 aromatic rings. The van der Waals surface area contributed by atoms with E-state index < -0.39 is 0 Å². The van der Waals surface area contributed by atoms with E-state index in [0.29, 0.717) is 39.6 Å². The maximum absolute atomic E-state index is 5.93. The van der Waals surface area contributed by atoms with Crippen molar-refractivity contribution >= 4 is 0 Å². The first kappa shape index (κ1) is 20.9. The Kier molecular flexibility index (Phi) is 8.59. The highest BCUT2D eigenvalue weighted by Gasteiger charge is 2.08. The van der Waals surface area contributed by atoms with Crippen LogP contribution in [-0.4, -0.2) is 56.7 Å². The topological polar surface area (TPSA) is 62.7 Å². The van der Waals surface area contributed by atoms with Gasteiger partial charge in [-0.1, -0.05) is 12.1 Å². The number of aromatic nitrogens is 2. The molecule has 2 heterocycles. The minimum Gasteiger partial charge on any atom is -0.491 e. The molecule has 0 aliphatic heterocycles. The van der Waals surface area contributed by atoms with Crippen LogP contribution in [0.5, 0.6) is 5.75 Å². The Hall–Kier alpha value is -2.80. The first-order valence-corrected chi connectivity index (χ1v) is 9.62. The first-order chi connectivity index (χ1) is 14.4. The largest absolute Gasteiger partial charge is 0.491 e. The molecule has 0 radical (unpaired) electrons. The van der Waals surface area contributed by atoms with Crippen molar-refractivity contribution in [2.75, 3.05) is 46.8 Å². The summed E-state index contributed by atoms with van der Waals surface area (Å²) < 4.78 is 21.8. The van der Waals surface area contributed by atoms with Crippen molar-refractivity contribution in [3.8, 4) is 28.3 Å².